The van der Waals surface area contributed by atoms with Crippen LogP contribution in [0, 0.1) is 5.92 Å². The molecule has 5 nitrogen and oxygen atoms in total. The van der Waals surface area contributed by atoms with Gasteiger partial charge >= 0.3 is 11.9 Å². The topological polar surface area (TPSA) is 76.7 Å². The van der Waals surface area contributed by atoms with E-state index in [1.54, 1.807) is 0 Å². The van der Waals surface area contributed by atoms with Crippen molar-refractivity contribution in [3.05, 3.63) is 59.1 Å². The average molecular weight is 342 g/mol. The molecule has 25 heavy (non-hydrogen) atoms. The van der Waals surface area contributed by atoms with E-state index in [1.807, 2.05) is 19.9 Å². The molecule has 0 saturated carbocycles. The summed E-state index contributed by atoms with van der Waals surface area (Å²) in [6.45, 7) is 11.7. The van der Waals surface area contributed by atoms with Crippen molar-refractivity contribution in [2.24, 2.45) is 5.92 Å². The fraction of sp³-hybridized carbons (Fsp3) is 0.400. The van der Waals surface area contributed by atoms with Gasteiger partial charge in [-0.15, -0.1) is 0 Å². The third-order valence-corrected chi connectivity index (χ3v) is 4.99. The van der Waals surface area contributed by atoms with Crippen molar-refractivity contribution in [2.75, 3.05) is 0 Å². The Labute approximate surface area is 146 Å². The van der Waals surface area contributed by atoms with Gasteiger partial charge in [0.2, 0.25) is 0 Å². The molecule has 3 unspecified atom stereocenters. The van der Waals surface area contributed by atoms with Crippen molar-refractivity contribution in [1.82, 2.24) is 0 Å². The Balaban J connectivity index is 2.14. The zero-order valence-corrected chi connectivity index (χ0v) is 14.5. The first kappa shape index (κ1) is 17.3. The van der Waals surface area contributed by atoms with E-state index in [-0.39, 0.29) is 17.5 Å². The second-order valence-electron chi connectivity index (χ2n) is 6.96. The molecule has 0 aliphatic carbocycles. The first-order valence-electron chi connectivity index (χ1n) is 8.36. The molecule has 0 fully saturated rings. The zero-order chi connectivity index (χ0) is 18.3. The van der Waals surface area contributed by atoms with Gasteiger partial charge in [0.15, 0.2) is 0 Å². The summed E-state index contributed by atoms with van der Waals surface area (Å²) >= 11 is 0. The summed E-state index contributed by atoms with van der Waals surface area (Å²) in [5.41, 5.74) is 2.51. The summed E-state index contributed by atoms with van der Waals surface area (Å²) in [6.07, 6.45) is 3.03. The van der Waals surface area contributed by atoms with Crippen LogP contribution in [0.2, 0.25) is 0 Å². The Hall–Kier alpha value is -2.56. The number of hydrogen-bond donors (Lipinski definition) is 1. The number of fused-ring (bicyclic) bond motifs is 3. The van der Waals surface area contributed by atoms with Gasteiger partial charge in [-0.3, -0.25) is 0 Å². The largest absolute Gasteiger partial charge is 0.478 e. The number of carboxylic acid groups (broad SMARTS) is 1. The Bertz CT molecular complexity index is 795. The first-order valence-corrected chi connectivity index (χ1v) is 8.36. The molecule has 2 aliphatic rings. The van der Waals surface area contributed by atoms with Crippen LogP contribution in [0.15, 0.2) is 46.4 Å². The van der Waals surface area contributed by atoms with Crippen LogP contribution in [0.4, 0.5) is 0 Å². The van der Waals surface area contributed by atoms with Crippen molar-refractivity contribution in [2.45, 2.75) is 45.1 Å². The second kappa shape index (κ2) is 6.39. The number of aromatic carboxylic acids is 1. The molecule has 0 aromatic carbocycles. The summed E-state index contributed by atoms with van der Waals surface area (Å²) in [7, 11) is 0. The van der Waals surface area contributed by atoms with Crippen LogP contribution >= 0.6 is 0 Å². The number of carbonyl (C=O) groups is 2. The van der Waals surface area contributed by atoms with Gasteiger partial charge in [0.25, 0.3) is 0 Å². The molecule has 1 N–H and O–H groups in total. The van der Waals surface area contributed by atoms with Crippen LogP contribution in [0.1, 0.15) is 54.5 Å². The number of carboxylic acids is 1. The third-order valence-electron chi connectivity index (χ3n) is 4.99. The third kappa shape index (κ3) is 3.18. The summed E-state index contributed by atoms with van der Waals surface area (Å²) in [5.74, 6) is -0.792. The molecule has 0 radical (unpaired) electrons. The number of esters is 1. The second-order valence-corrected chi connectivity index (χ2v) is 6.96. The van der Waals surface area contributed by atoms with Gasteiger partial charge < -0.3 is 14.3 Å². The van der Waals surface area contributed by atoms with E-state index in [9.17, 15) is 14.7 Å². The van der Waals surface area contributed by atoms with Crippen LogP contribution in [0.5, 0.6) is 0 Å². The van der Waals surface area contributed by atoms with E-state index in [1.165, 1.54) is 6.07 Å². The lowest BCUT2D eigenvalue weighted by Crippen LogP contribution is -2.19. The zero-order valence-electron chi connectivity index (χ0n) is 14.5. The molecule has 1 aromatic rings. The maximum atomic E-state index is 12.2. The van der Waals surface area contributed by atoms with Gasteiger partial charge in [0.1, 0.15) is 23.2 Å². The van der Waals surface area contributed by atoms with E-state index < -0.39 is 18.0 Å². The van der Waals surface area contributed by atoms with Gasteiger partial charge in [-0.1, -0.05) is 24.3 Å². The standard InChI is InChI=1S/C20H22O5/c1-10(2)12-5-6-13-8-16(25-20(13)23)18(11(3)4)17-9-14(19(21)22)15(7-12)24-17/h8-9,12,16,18H,1,3,5-7H2,2,4H3,(H,21,22). The Morgan fingerprint density at radius 1 is 1.28 bits per heavy atom. The summed E-state index contributed by atoms with van der Waals surface area (Å²) < 4.78 is 11.5. The monoisotopic (exact) mass is 342 g/mol. The van der Waals surface area contributed by atoms with Crippen molar-refractivity contribution >= 4 is 11.9 Å². The molecule has 3 rings (SSSR count). The minimum absolute atomic E-state index is 0.0335. The minimum Gasteiger partial charge on any atom is -0.478 e. The van der Waals surface area contributed by atoms with Gasteiger partial charge in [0.05, 0.1) is 5.92 Å². The lowest BCUT2D eigenvalue weighted by molar-refractivity contribution is -0.140. The Morgan fingerprint density at radius 2 is 2.00 bits per heavy atom. The van der Waals surface area contributed by atoms with Gasteiger partial charge in [-0.25, -0.2) is 9.59 Å². The molecule has 3 atom stereocenters. The fourth-order valence-electron chi connectivity index (χ4n) is 3.55. The molecule has 5 heteroatoms. The van der Waals surface area contributed by atoms with Crippen molar-refractivity contribution < 1.29 is 23.8 Å². The Kier molecular flexibility index (Phi) is 4.41. The first-order chi connectivity index (χ1) is 11.8. The summed E-state index contributed by atoms with van der Waals surface area (Å²) in [5, 5.41) is 9.54. The van der Waals surface area contributed by atoms with Gasteiger partial charge in [0, 0.05) is 12.0 Å². The van der Waals surface area contributed by atoms with E-state index >= 15 is 0 Å². The molecule has 132 valence electrons. The lowest BCUT2D eigenvalue weighted by atomic mass is 9.87. The van der Waals surface area contributed by atoms with Crippen LogP contribution in [-0.2, 0) is 16.0 Å². The van der Waals surface area contributed by atoms with Crippen LogP contribution in [0.3, 0.4) is 0 Å². The number of furan rings is 1. The van der Waals surface area contributed by atoms with Crippen molar-refractivity contribution in [3.63, 3.8) is 0 Å². The number of carbonyl (C=O) groups excluding carboxylic acids is 1. The normalized spacial score (nSPS) is 25.6. The maximum absolute atomic E-state index is 12.2. The number of hydrogen-bond acceptors (Lipinski definition) is 4. The molecule has 0 saturated heterocycles. The van der Waals surface area contributed by atoms with Crippen LogP contribution < -0.4 is 0 Å². The van der Waals surface area contributed by atoms with E-state index in [2.05, 4.69) is 13.2 Å². The highest BCUT2D eigenvalue weighted by Gasteiger charge is 2.37. The van der Waals surface area contributed by atoms with Gasteiger partial charge in [-0.05, 0) is 44.7 Å². The van der Waals surface area contributed by atoms with Crippen molar-refractivity contribution in [3.8, 4) is 0 Å². The van der Waals surface area contributed by atoms with Crippen LogP contribution in [-0.4, -0.2) is 23.1 Å². The highest BCUT2D eigenvalue weighted by molar-refractivity contribution is 5.91. The van der Waals surface area contributed by atoms with Gasteiger partial charge in [-0.2, -0.15) is 0 Å². The maximum Gasteiger partial charge on any atom is 0.339 e. The number of ether oxygens (including phenoxy) is 1. The molecule has 3 heterocycles. The van der Waals surface area contributed by atoms with Crippen molar-refractivity contribution in [1.29, 1.82) is 0 Å². The fourth-order valence-corrected chi connectivity index (χ4v) is 3.55. The molecule has 0 amide bonds. The Morgan fingerprint density at radius 3 is 2.60 bits per heavy atom. The van der Waals surface area contributed by atoms with Crippen LogP contribution in [0.25, 0.3) is 0 Å². The molecule has 2 aliphatic heterocycles. The smallest absolute Gasteiger partial charge is 0.339 e. The average Bonchev–Trinajstić information content (AvgIpc) is 3.05. The predicted molar refractivity (Wildman–Crippen MR) is 92.4 cm³/mol. The summed E-state index contributed by atoms with van der Waals surface area (Å²) in [6, 6.07) is 1.54. The minimum atomic E-state index is -1.03. The number of rotatable bonds is 3. The van der Waals surface area contributed by atoms with E-state index in [4.69, 9.17) is 9.15 Å². The molecule has 0 spiro atoms. The summed E-state index contributed by atoms with van der Waals surface area (Å²) in [4.78, 5) is 23.8. The predicted octanol–water partition coefficient (Wildman–Crippen LogP) is 4.02. The van der Waals surface area contributed by atoms with E-state index in [0.717, 1.165) is 11.1 Å². The molecule has 1 aromatic heterocycles. The highest BCUT2D eigenvalue weighted by Crippen LogP contribution is 2.39. The SMILES string of the molecule is C=C(C)C1CCC2=CC(OC2=O)C(C(=C)C)c2cc(C(=O)O)c(o2)C1. The lowest BCUT2D eigenvalue weighted by Gasteiger charge is -2.20. The van der Waals surface area contributed by atoms with E-state index in [0.29, 0.717) is 36.4 Å². The molecule has 4 bridgehead atoms. The molecular weight excluding hydrogens is 320 g/mol. The molecular formula is C20H22O5. The quantitative estimate of drug-likeness (QED) is 0.663. The highest BCUT2D eigenvalue weighted by atomic mass is 16.5. The number of allylic oxidation sites excluding steroid dienone is 1.